The van der Waals surface area contributed by atoms with Gasteiger partial charge in [-0.2, -0.15) is 0 Å². The SMILES string of the molecule is COc1ccc(C(=O)Nc2ccc(F)cc2)cc1CSc1ccc(Cl)cc1. The summed E-state index contributed by atoms with van der Waals surface area (Å²) >= 11 is 7.54. The number of amides is 1. The van der Waals surface area contributed by atoms with Crippen molar-refractivity contribution in [3.63, 3.8) is 0 Å². The zero-order valence-electron chi connectivity index (χ0n) is 14.5. The fraction of sp³-hybridized carbons (Fsp3) is 0.0952. The molecule has 0 fully saturated rings. The minimum absolute atomic E-state index is 0.262. The summed E-state index contributed by atoms with van der Waals surface area (Å²) in [5.74, 6) is 0.749. The third kappa shape index (κ3) is 5.25. The molecule has 27 heavy (non-hydrogen) atoms. The monoisotopic (exact) mass is 401 g/mol. The molecule has 0 saturated carbocycles. The lowest BCUT2D eigenvalue weighted by atomic mass is 10.1. The molecule has 0 aromatic heterocycles. The van der Waals surface area contributed by atoms with Crippen molar-refractivity contribution in [2.75, 3.05) is 12.4 Å². The van der Waals surface area contributed by atoms with Crippen molar-refractivity contribution in [1.82, 2.24) is 0 Å². The van der Waals surface area contributed by atoms with Crippen LogP contribution in [0.3, 0.4) is 0 Å². The molecule has 0 radical (unpaired) electrons. The fourth-order valence-electron chi connectivity index (χ4n) is 2.46. The van der Waals surface area contributed by atoms with Crippen LogP contribution in [0.1, 0.15) is 15.9 Å². The Bertz CT molecular complexity index is 930. The number of thioether (sulfide) groups is 1. The van der Waals surface area contributed by atoms with Crippen molar-refractivity contribution < 1.29 is 13.9 Å². The van der Waals surface area contributed by atoms with E-state index in [4.69, 9.17) is 16.3 Å². The molecule has 0 saturated heterocycles. The van der Waals surface area contributed by atoms with Crippen molar-refractivity contribution in [3.8, 4) is 5.75 Å². The maximum absolute atomic E-state index is 13.0. The Hall–Kier alpha value is -2.50. The molecule has 1 N–H and O–H groups in total. The molecule has 0 heterocycles. The van der Waals surface area contributed by atoms with Gasteiger partial charge in [-0.15, -0.1) is 11.8 Å². The molecule has 0 aliphatic rings. The van der Waals surface area contributed by atoms with Gasteiger partial charge in [-0.25, -0.2) is 4.39 Å². The maximum atomic E-state index is 13.0. The van der Waals surface area contributed by atoms with E-state index < -0.39 is 0 Å². The van der Waals surface area contributed by atoms with E-state index in [1.165, 1.54) is 24.3 Å². The van der Waals surface area contributed by atoms with Crippen LogP contribution < -0.4 is 10.1 Å². The summed E-state index contributed by atoms with van der Waals surface area (Å²) in [7, 11) is 1.60. The van der Waals surface area contributed by atoms with E-state index >= 15 is 0 Å². The number of benzene rings is 3. The number of nitrogens with one attached hydrogen (secondary N) is 1. The van der Waals surface area contributed by atoms with Crippen LogP contribution >= 0.6 is 23.4 Å². The van der Waals surface area contributed by atoms with E-state index in [1.54, 1.807) is 37.1 Å². The first-order valence-corrected chi connectivity index (χ1v) is 9.54. The van der Waals surface area contributed by atoms with E-state index in [1.807, 2.05) is 24.3 Å². The van der Waals surface area contributed by atoms with Crippen LogP contribution in [0.2, 0.25) is 5.02 Å². The minimum Gasteiger partial charge on any atom is -0.496 e. The molecule has 0 atom stereocenters. The highest BCUT2D eigenvalue weighted by atomic mass is 35.5. The number of carbonyl (C=O) groups is 1. The summed E-state index contributed by atoms with van der Waals surface area (Å²) in [6.45, 7) is 0. The molecule has 0 bridgehead atoms. The van der Waals surface area contributed by atoms with E-state index in [-0.39, 0.29) is 11.7 Å². The van der Waals surface area contributed by atoms with Crippen LogP contribution in [-0.2, 0) is 5.75 Å². The van der Waals surface area contributed by atoms with Crippen molar-refractivity contribution >= 4 is 35.0 Å². The molecule has 3 aromatic carbocycles. The van der Waals surface area contributed by atoms with E-state index in [0.717, 1.165) is 16.2 Å². The summed E-state index contributed by atoms with van der Waals surface area (Å²) in [5.41, 5.74) is 1.95. The van der Waals surface area contributed by atoms with E-state index in [0.29, 0.717) is 22.0 Å². The molecular weight excluding hydrogens is 385 g/mol. The fourth-order valence-corrected chi connectivity index (χ4v) is 3.46. The summed E-state index contributed by atoms with van der Waals surface area (Å²) in [5, 5.41) is 3.45. The van der Waals surface area contributed by atoms with Gasteiger partial charge in [-0.05, 0) is 66.7 Å². The van der Waals surface area contributed by atoms with Gasteiger partial charge in [0.15, 0.2) is 0 Å². The second kappa shape index (κ2) is 8.93. The number of ether oxygens (including phenoxy) is 1. The molecule has 0 aliphatic carbocycles. The topological polar surface area (TPSA) is 38.3 Å². The molecule has 0 unspecified atom stereocenters. The molecule has 3 aromatic rings. The summed E-state index contributed by atoms with van der Waals surface area (Å²) in [6, 6.07) is 18.5. The number of halogens is 2. The molecule has 3 nitrogen and oxygen atoms in total. The largest absolute Gasteiger partial charge is 0.496 e. The first-order chi connectivity index (χ1) is 13.0. The van der Waals surface area contributed by atoms with Gasteiger partial charge in [0.05, 0.1) is 7.11 Å². The summed E-state index contributed by atoms with van der Waals surface area (Å²) in [6.07, 6.45) is 0. The van der Waals surface area contributed by atoms with E-state index in [9.17, 15) is 9.18 Å². The third-order valence-electron chi connectivity index (χ3n) is 3.85. The average Bonchev–Trinajstić information content (AvgIpc) is 2.69. The van der Waals surface area contributed by atoms with Gasteiger partial charge in [0.1, 0.15) is 11.6 Å². The van der Waals surface area contributed by atoms with Crippen LogP contribution in [0.4, 0.5) is 10.1 Å². The number of hydrogen-bond acceptors (Lipinski definition) is 3. The number of rotatable bonds is 6. The van der Waals surface area contributed by atoms with Crippen LogP contribution in [-0.4, -0.2) is 13.0 Å². The van der Waals surface area contributed by atoms with Crippen LogP contribution in [0, 0.1) is 5.82 Å². The Kier molecular flexibility index (Phi) is 6.37. The Morgan fingerprint density at radius 1 is 1.07 bits per heavy atom. The van der Waals surface area contributed by atoms with Crippen molar-refractivity contribution in [2.24, 2.45) is 0 Å². The Morgan fingerprint density at radius 3 is 2.44 bits per heavy atom. The van der Waals surface area contributed by atoms with Gasteiger partial charge in [0.25, 0.3) is 5.91 Å². The van der Waals surface area contributed by atoms with Crippen molar-refractivity contribution in [1.29, 1.82) is 0 Å². The second-order valence-electron chi connectivity index (χ2n) is 5.73. The van der Waals surface area contributed by atoms with Gasteiger partial charge in [-0.3, -0.25) is 4.79 Å². The normalized spacial score (nSPS) is 10.5. The zero-order valence-corrected chi connectivity index (χ0v) is 16.1. The standard InChI is InChI=1S/C21H17ClFNO2S/c1-26-20-11-2-14(21(25)24-18-7-5-17(23)6-8-18)12-15(20)13-27-19-9-3-16(22)4-10-19/h2-12H,13H2,1H3,(H,24,25). The smallest absolute Gasteiger partial charge is 0.255 e. The highest BCUT2D eigenvalue weighted by Crippen LogP contribution is 2.29. The molecule has 1 amide bonds. The Morgan fingerprint density at radius 2 is 1.78 bits per heavy atom. The number of methoxy groups -OCH3 is 1. The lowest BCUT2D eigenvalue weighted by molar-refractivity contribution is 0.102. The molecule has 3 rings (SSSR count). The van der Waals surface area contributed by atoms with Crippen molar-refractivity contribution in [2.45, 2.75) is 10.6 Å². The second-order valence-corrected chi connectivity index (χ2v) is 7.22. The lowest BCUT2D eigenvalue weighted by Gasteiger charge is -2.11. The first-order valence-electron chi connectivity index (χ1n) is 8.17. The Balaban J connectivity index is 1.74. The Labute approximate surface area is 166 Å². The predicted molar refractivity (Wildman–Crippen MR) is 108 cm³/mol. The highest BCUT2D eigenvalue weighted by molar-refractivity contribution is 7.98. The molecular formula is C21H17ClFNO2S. The first kappa shape index (κ1) is 19.3. The number of hydrogen-bond donors (Lipinski definition) is 1. The lowest BCUT2D eigenvalue weighted by Crippen LogP contribution is -2.12. The van der Waals surface area contributed by atoms with Gasteiger partial charge >= 0.3 is 0 Å². The van der Waals surface area contributed by atoms with Crippen LogP contribution in [0.25, 0.3) is 0 Å². The van der Waals surface area contributed by atoms with Gasteiger partial charge in [-0.1, -0.05) is 11.6 Å². The summed E-state index contributed by atoms with van der Waals surface area (Å²) < 4.78 is 18.4. The number of anilines is 1. The van der Waals surface area contributed by atoms with Crippen LogP contribution in [0.15, 0.2) is 71.6 Å². The van der Waals surface area contributed by atoms with Crippen molar-refractivity contribution in [3.05, 3.63) is 88.7 Å². The van der Waals surface area contributed by atoms with Gasteiger partial charge in [0, 0.05) is 32.5 Å². The van der Waals surface area contributed by atoms with Gasteiger partial charge < -0.3 is 10.1 Å². The zero-order chi connectivity index (χ0) is 19.2. The van der Waals surface area contributed by atoms with Crippen LogP contribution in [0.5, 0.6) is 5.75 Å². The quantitative estimate of drug-likeness (QED) is 0.512. The third-order valence-corrected chi connectivity index (χ3v) is 5.17. The summed E-state index contributed by atoms with van der Waals surface area (Å²) in [4.78, 5) is 13.6. The highest BCUT2D eigenvalue weighted by Gasteiger charge is 2.11. The molecule has 0 aliphatic heterocycles. The minimum atomic E-state index is -0.348. The maximum Gasteiger partial charge on any atom is 0.255 e. The number of carbonyl (C=O) groups excluding carboxylic acids is 1. The molecule has 0 spiro atoms. The van der Waals surface area contributed by atoms with E-state index in [2.05, 4.69) is 5.32 Å². The molecule has 138 valence electrons. The molecule has 6 heteroatoms. The average molecular weight is 402 g/mol. The van der Waals surface area contributed by atoms with Gasteiger partial charge in [0.2, 0.25) is 0 Å². The predicted octanol–water partition coefficient (Wildman–Crippen LogP) is 6.03.